The zero-order chi connectivity index (χ0) is 15.4. The monoisotopic (exact) mass is 291 g/mol. The summed E-state index contributed by atoms with van der Waals surface area (Å²) >= 11 is 0. The molecule has 114 valence electrons. The van der Waals surface area contributed by atoms with Gasteiger partial charge in [-0.1, -0.05) is 6.07 Å². The van der Waals surface area contributed by atoms with Gasteiger partial charge in [0.15, 0.2) is 0 Å². The van der Waals surface area contributed by atoms with Crippen LogP contribution in [0.2, 0.25) is 0 Å². The Hall–Kier alpha value is -1.95. The van der Waals surface area contributed by atoms with E-state index >= 15 is 0 Å². The van der Waals surface area contributed by atoms with Gasteiger partial charge in [-0.15, -0.1) is 0 Å². The van der Waals surface area contributed by atoms with E-state index in [2.05, 4.69) is 10.6 Å². The molecule has 1 aromatic carbocycles. The summed E-state index contributed by atoms with van der Waals surface area (Å²) in [6, 6.07) is 4.63. The first-order valence-corrected chi connectivity index (χ1v) is 7.25. The van der Waals surface area contributed by atoms with Crippen LogP contribution < -0.4 is 10.6 Å². The lowest BCUT2D eigenvalue weighted by atomic mass is 9.92. The standard InChI is InChI=1S/C15H21N3O3/c1-10-5-6-12(8-14(10)18(20)21)15(19)17-11(2)13-4-3-7-16-9-13/h5-6,8,11,13,16H,3-4,7,9H2,1-2H3,(H,17,19). The summed E-state index contributed by atoms with van der Waals surface area (Å²) in [5.41, 5.74) is 0.874. The molecule has 1 fully saturated rings. The van der Waals surface area contributed by atoms with E-state index in [1.54, 1.807) is 19.1 Å². The van der Waals surface area contributed by atoms with E-state index in [9.17, 15) is 14.9 Å². The van der Waals surface area contributed by atoms with Gasteiger partial charge in [0, 0.05) is 23.2 Å². The molecule has 1 saturated heterocycles. The Morgan fingerprint density at radius 1 is 1.52 bits per heavy atom. The molecule has 0 bridgehead atoms. The average molecular weight is 291 g/mol. The second kappa shape index (κ2) is 6.67. The number of carbonyl (C=O) groups excluding carboxylic acids is 1. The van der Waals surface area contributed by atoms with Crippen molar-refractivity contribution >= 4 is 11.6 Å². The molecular weight excluding hydrogens is 270 g/mol. The van der Waals surface area contributed by atoms with E-state index in [4.69, 9.17) is 0 Å². The van der Waals surface area contributed by atoms with Crippen molar-refractivity contribution < 1.29 is 9.72 Å². The molecule has 0 aromatic heterocycles. The number of rotatable bonds is 4. The number of nitro benzene ring substituents is 1. The van der Waals surface area contributed by atoms with Crippen molar-refractivity contribution in [3.63, 3.8) is 0 Å². The van der Waals surface area contributed by atoms with E-state index < -0.39 is 4.92 Å². The van der Waals surface area contributed by atoms with E-state index in [0.717, 1.165) is 25.9 Å². The molecule has 2 atom stereocenters. The third-order valence-corrected chi connectivity index (χ3v) is 4.07. The van der Waals surface area contributed by atoms with Crippen molar-refractivity contribution in [2.24, 2.45) is 5.92 Å². The zero-order valence-electron chi connectivity index (χ0n) is 12.4. The Bertz CT molecular complexity index is 539. The molecular formula is C15H21N3O3. The van der Waals surface area contributed by atoms with Crippen LogP contribution in [0.25, 0.3) is 0 Å². The van der Waals surface area contributed by atoms with Gasteiger partial charge < -0.3 is 10.6 Å². The number of hydrogen-bond acceptors (Lipinski definition) is 4. The summed E-state index contributed by atoms with van der Waals surface area (Å²) in [4.78, 5) is 22.7. The SMILES string of the molecule is Cc1ccc(C(=O)NC(C)C2CCCNC2)cc1[N+](=O)[O-]. The number of nitrogens with one attached hydrogen (secondary N) is 2. The average Bonchev–Trinajstić information content (AvgIpc) is 2.48. The second-order valence-electron chi connectivity index (χ2n) is 5.63. The van der Waals surface area contributed by atoms with Crippen molar-refractivity contribution in [3.8, 4) is 0 Å². The Balaban J connectivity index is 2.06. The highest BCUT2D eigenvalue weighted by Crippen LogP contribution is 2.20. The minimum Gasteiger partial charge on any atom is -0.349 e. The van der Waals surface area contributed by atoms with Gasteiger partial charge in [0.1, 0.15) is 0 Å². The largest absolute Gasteiger partial charge is 0.349 e. The van der Waals surface area contributed by atoms with Crippen molar-refractivity contribution in [1.29, 1.82) is 0 Å². The molecule has 2 unspecified atom stereocenters. The highest BCUT2D eigenvalue weighted by molar-refractivity contribution is 5.95. The van der Waals surface area contributed by atoms with Gasteiger partial charge in [0.25, 0.3) is 11.6 Å². The summed E-state index contributed by atoms with van der Waals surface area (Å²) in [6.45, 7) is 5.57. The van der Waals surface area contributed by atoms with Crippen LogP contribution >= 0.6 is 0 Å². The van der Waals surface area contributed by atoms with E-state index in [1.807, 2.05) is 6.92 Å². The third kappa shape index (κ3) is 3.78. The quantitative estimate of drug-likeness (QED) is 0.656. The van der Waals surface area contributed by atoms with E-state index in [0.29, 0.717) is 17.0 Å². The Labute approximate surface area is 124 Å². The topological polar surface area (TPSA) is 84.3 Å². The maximum Gasteiger partial charge on any atom is 0.273 e. The van der Waals surface area contributed by atoms with Crippen LogP contribution in [0.15, 0.2) is 18.2 Å². The van der Waals surface area contributed by atoms with Crippen molar-refractivity contribution in [1.82, 2.24) is 10.6 Å². The second-order valence-corrected chi connectivity index (χ2v) is 5.63. The van der Waals surface area contributed by atoms with Gasteiger partial charge in [-0.3, -0.25) is 14.9 Å². The molecule has 0 saturated carbocycles. The molecule has 2 N–H and O–H groups in total. The van der Waals surface area contributed by atoms with Crippen LogP contribution in [0.5, 0.6) is 0 Å². The normalized spacial score (nSPS) is 19.8. The van der Waals surface area contributed by atoms with Gasteiger partial charge >= 0.3 is 0 Å². The summed E-state index contributed by atoms with van der Waals surface area (Å²) < 4.78 is 0. The van der Waals surface area contributed by atoms with Gasteiger partial charge in [0.2, 0.25) is 0 Å². The Morgan fingerprint density at radius 3 is 2.90 bits per heavy atom. The van der Waals surface area contributed by atoms with Crippen LogP contribution in [0.3, 0.4) is 0 Å². The summed E-state index contributed by atoms with van der Waals surface area (Å²) in [5, 5.41) is 17.2. The molecule has 6 heteroatoms. The first-order valence-electron chi connectivity index (χ1n) is 7.25. The highest BCUT2D eigenvalue weighted by Gasteiger charge is 2.22. The summed E-state index contributed by atoms with van der Waals surface area (Å²) in [6.07, 6.45) is 2.20. The first-order chi connectivity index (χ1) is 9.99. The number of carbonyl (C=O) groups is 1. The number of nitrogens with zero attached hydrogens (tertiary/aromatic N) is 1. The number of hydrogen-bond donors (Lipinski definition) is 2. The van der Waals surface area contributed by atoms with Crippen LogP contribution in [-0.4, -0.2) is 30.0 Å². The lowest BCUT2D eigenvalue weighted by Gasteiger charge is -2.28. The fraction of sp³-hybridized carbons (Fsp3) is 0.533. The number of benzene rings is 1. The number of aryl methyl sites for hydroxylation is 1. The number of amides is 1. The highest BCUT2D eigenvalue weighted by atomic mass is 16.6. The Morgan fingerprint density at radius 2 is 2.29 bits per heavy atom. The van der Waals surface area contributed by atoms with Gasteiger partial charge in [-0.2, -0.15) is 0 Å². The summed E-state index contributed by atoms with van der Waals surface area (Å²) in [5.74, 6) is 0.152. The van der Waals surface area contributed by atoms with Gasteiger partial charge in [-0.05, 0) is 51.8 Å². The maximum atomic E-state index is 12.2. The van der Waals surface area contributed by atoms with Gasteiger partial charge in [0.05, 0.1) is 4.92 Å². The fourth-order valence-corrected chi connectivity index (χ4v) is 2.66. The van der Waals surface area contributed by atoms with Crippen molar-refractivity contribution in [2.75, 3.05) is 13.1 Å². The molecule has 1 amide bonds. The molecule has 2 rings (SSSR count). The number of nitro groups is 1. The lowest BCUT2D eigenvalue weighted by molar-refractivity contribution is -0.385. The van der Waals surface area contributed by atoms with E-state index in [1.165, 1.54) is 6.07 Å². The van der Waals surface area contributed by atoms with E-state index in [-0.39, 0.29) is 17.6 Å². The molecule has 1 aromatic rings. The molecule has 1 aliphatic heterocycles. The minimum atomic E-state index is -0.458. The first kappa shape index (κ1) is 15.4. The van der Waals surface area contributed by atoms with Crippen LogP contribution in [0.1, 0.15) is 35.7 Å². The fourth-order valence-electron chi connectivity index (χ4n) is 2.66. The van der Waals surface area contributed by atoms with Crippen molar-refractivity contribution in [3.05, 3.63) is 39.4 Å². The predicted octanol–water partition coefficient (Wildman–Crippen LogP) is 2.02. The molecule has 21 heavy (non-hydrogen) atoms. The van der Waals surface area contributed by atoms with Crippen LogP contribution in [0, 0.1) is 23.0 Å². The lowest BCUT2D eigenvalue weighted by Crippen LogP contribution is -2.44. The van der Waals surface area contributed by atoms with Gasteiger partial charge in [-0.25, -0.2) is 0 Å². The molecule has 0 aliphatic carbocycles. The number of piperidine rings is 1. The maximum absolute atomic E-state index is 12.2. The Kier molecular flexibility index (Phi) is 4.90. The van der Waals surface area contributed by atoms with Crippen molar-refractivity contribution in [2.45, 2.75) is 32.7 Å². The zero-order valence-corrected chi connectivity index (χ0v) is 12.4. The molecule has 0 spiro atoms. The molecule has 0 radical (unpaired) electrons. The molecule has 1 heterocycles. The molecule has 6 nitrogen and oxygen atoms in total. The molecule has 1 aliphatic rings. The van der Waals surface area contributed by atoms with Crippen LogP contribution in [0.4, 0.5) is 5.69 Å². The minimum absolute atomic E-state index is 0.0189. The predicted molar refractivity (Wildman–Crippen MR) is 80.4 cm³/mol. The third-order valence-electron chi connectivity index (χ3n) is 4.07. The summed E-state index contributed by atoms with van der Waals surface area (Å²) in [7, 11) is 0. The smallest absolute Gasteiger partial charge is 0.273 e. The van der Waals surface area contributed by atoms with Crippen LogP contribution in [-0.2, 0) is 0 Å².